The van der Waals surface area contributed by atoms with Gasteiger partial charge >= 0.3 is 5.69 Å². The summed E-state index contributed by atoms with van der Waals surface area (Å²) in [6, 6.07) is 3.14. The van der Waals surface area contributed by atoms with E-state index in [1.54, 1.807) is 6.07 Å². The molecule has 2 rings (SSSR count). The highest BCUT2D eigenvalue weighted by Gasteiger charge is 2.29. The molecule has 1 atom stereocenters. The second-order valence-corrected chi connectivity index (χ2v) is 6.97. The summed E-state index contributed by atoms with van der Waals surface area (Å²) in [5, 5.41) is 24.8. The Labute approximate surface area is 163 Å². The predicted molar refractivity (Wildman–Crippen MR) is 104 cm³/mol. The first-order chi connectivity index (χ1) is 10.4. The molecule has 0 radical (unpaired) electrons. The molecular formula is C15H24BrCl2N3O3. The molecule has 0 saturated carbocycles. The quantitative estimate of drug-likeness (QED) is 0.531. The van der Waals surface area contributed by atoms with Crippen LogP contribution in [-0.4, -0.2) is 41.1 Å². The van der Waals surface area contributed by atoms with Crippen LogP contribution < -0.4 is 5.32 Å². The zero-order valence-electron chi connectivity index (χ0n) is 13.7. The molecule has 9 heteroatoms. The van der Waals surface area contributed by atoms with Crippen LogP contribution in [0.5, 0.6) is 5.75 Å². The van der Waals surface area contributed by atoms with E-state index >= 15 is 0 Å². The highest BCUT2D eigenvalue weighted by molar-refractivity contribution is 9.10. The number of rotatable bonds is 5. The fourth-order valence-corrected chi connectivity index (χ4v) is 3.38. The number of aromatic hydroxyl groups is 1. The lowest BCUT2D eigenvalue weighted by Crippen LogP contribution is -2.45. The third-order valence-electron chi connectivity index (χ3n) is 3.93. The molecule has 1 aromatic carbocycles. The third-order valence-corrected chi connectivity index (χ3v) is 4.38. The minimum absolute atomic E-state index is 0. The van der Waals surface area contributed by atoms with Crippen LogP contribution in [0.3, 0.4) is 0 Å². The normalized spacial score (nSPS) is 16.2. The van der Waals surface area contributed by atoms with Crippen LogP contribution in [0.4, 0.5) is 5.69 Å². The third kappa shape index (κ3) is 5.74. The smallest absolute Gasteiger partial charge is 0.312 e. The van der Waals surface area contributed by atoms with Crippen molar-refractivity contribution >= 4 is 46.4 Å². The van der Waals surface area contributed by atoms with Crippen LogP contribution in [0.25, 0.3) is 0 Å². The minimum Gasteiger partial charge on any atom is -0.502 e. The van der Waals surface area contributed by atoms with Crippen LogP contribution in [0.2, 0.25) is 0 Å². The van der Waals surface area contributed by atoms with Crippen LogP contribution in [0.15, 0.2) is 16.6 Å². The van der Waals surface area contributed by atoms with Gasteiger partial charge in [-0.1, -0.05) is 29.8 Å². The van der Waals surface area contributed by atoms with Crippen molar-refractivity contribution in [1.29, 1.82) is 0 Å². The van der Waals surface area contributed by atoms with Gasteiger partial charge in [-0.05, 0) is 18.4 Å². The van der Waals surface area contributed by atoms with Crippen molar-refractivity contribution in [3.8, 4) is 5.75 Å². The van der Waals surface area contributed by atoms with Gasteiger partial charge in [-0.2, -0.15) is 0 Å². The van der Waals surface area contributed by atoms with Gasteiger partial charge in [-0.3, -0.25) is 15.0 Å². The van der Waals surface area contributed by atoms with Crippen molar-refractivity contribution in [3.05, 3.63) is 32.3 Å². The monoisotopic (exact) mass is 443 g/mol. The molecule has 1 heterocycles. The Balaban J connectivity index is 0.00000264. The van der Waals surface area contributed by atoms with Crippen molar-refractivity contribution in [3.63, 3.8) is 0 Å². The van der Waals surface area contributed by atoms with Gasteiger partial charge in [0.2, 0.25) is 0 Å². The molecular weight excluding hydrogens is 421 g/mol. The van der Waals surface area contributed by atoms with E-state index in [1.807, 2.05) is 0 Å². The predicted octanol–water partition coefficient (Wildman–Crippen LogP) is 3.90. The summed E-state index contributed by atoms with van der Waals surface area (Å²) >= 11 is 3.33. The lowest BCUT2D eigenvalue weighted by molar-refractivity contribution is -0.386. The number of hydrogen-bond acceptors (Lipinski definition) is 5. The first-order valence-electron chi connectivity index (χ1n) is 7.51. The molecule has 0 amide bonds. The zero-order valence-corrected chi connectivity index (χ0v) is 16.9. The minimum atomic E-state index is -0.534. The molecule has 0 aromatic heterocycles. The number of nitro benzene ring substituents is 1. The highest BCUT2D eigenvalue weighted by Crippen LogP contribution is 2.41. The van der Waals surface area contributed by atoms with Crippen molar-refractivity contribution in [2.45, 2.75) is 26.3 Å². The lowest BCUT2D eigenvalue weighted by atomic mass is 9.94. The summed E-state index contributed by atoms with van der Waals surface area (Å²) in [6.45, 7) is 7.78. The van der Waals surface area contributed by atoms with E-state index in [0.29, 0.717) is 16.0 Å². The molecule has 138 valence electrons. The van der Waals surface area contributed by atoms with Crippen LogP contribution >= 0.6 is 40.7 Å². The van der Waals surface area contributed by atoms with E-state index in [9.17, 15) is 15.2 Å². The Bertz CT molecular complexity index is 555. The van der Waals surface area contributed by atoms with Gasteiger partial charge < -0.3 is 10.4 Å². The Morgan fingerprint density at radius 3 is 2.42 bits per heavy atom. The number of benzene rings is 1. The van der Waals surface area contributed by atoms with Crippen LogP contribution in [0, 0.1) is 16.0 Å². The number of phenolic OH excluding ortho intramolecular Hbond substituents is 1. The van der Waals surface area contributed by atoms with Crippen LogP contribution in [0.1, 0.15) is 31.9 Å². The van der Waals surface area contributed by atoms with E-state index in [4.69, 9.17) is 0 Å². The maximum absolute atomic E-state index is 11.1. The summed E-state index contributed by atoms with van der Waals surface area (Å²) in [4.78, 5) is 12.9. The molecule has 0 spiro atoms. The zero-order chi connectivity index (χ0) is 16.3. The van der Waals surface area contributed by atoms with E-state index in [1.165, 1.54) is 6.07 Å². The molecule has 0 aliphatic carbocycles. The van der Waals surface area contributed by atoms with E-state index < -0.39 is 4.92 Å². The maximum atomic E-state index is 11.1. The second-order valence-electron chi connectivity index (χ2n) is 6.05. The Hall–Kier alpha value is -0.600. The summed E-state index contributed by atoms with van der Waals surface area (Å²) in [7, 11) is 0. The fraction of sp³-hybridized carbons (Fsp3) is 0.600. The molecule has 2 N–H and O–H groups in total. The first kappa shape index (κ1) is 23.4. The molecule has 1 aliphatic heterocycles. The highest BCUT2D eigenvalue weighted by atomic mass is 79.9. The Kier molecular flexibility index (Phi) is 10.1. The van der Waals surface area contributed by atoms with Crippen molar-refractivity contribution < 1.29 is 10.0 Å². The molecule has 6 nitrogen and oxygen atoms in total. The molecule has 1 saturated heterocycles. The van der Waals surface area contributed by atoms with Gasteiger partial charge in [0.15, 0.2) is 5.75 Å². The van der Waals surface area contributed by atoms with Gasteiger partial charge in [0, 0.05) is 48.3 Å². The van der Waals surface area contributed by atoms with Gasteiger partial charge in [-0.15, -0.1) is 24.8 Å². The van der Waals surface area contributed by atoms with E-state index in [0.717, 1.165) is 32.6 Å². The Morgan fingerprint density at radius 1 is 1.33 bits per heavy atom. The van der Waals surface area contributed by atoms with Gasteiger partial charge in [0.1, 0.15) is 0 Å². The standard InChI is InChI=1S/C15H22BrN3O3.2ClH/c1-10(2)7-13(18-5-3-17-4-6-18)12-8-11(16)9-14(15(12)20)19(21)22;;/h8-10,13,17,20H,3-7H2,1-2H3;2*1H/t13-;;/m0../s1. The molecule has 1 fully saturated rings. The maximum Gasteiger partial charge on any atom is 0.312 e. The Morgan fingerprint density at radius 2 is 1.92 bits per heavy atom. The largest absolute Gasteiger partial charge is 0.502 e. The number of piperazine rings is 1. The van der Waals surface area contributed by atoms with Crippen molar-refractivity contribution in [2.24, 2.45) is 5.92 Å². The fourth-order valence-electron chi connectivity index (χ4n) is 2.91. The van der Waals surface area contributed by atoms with Crippen molar-refractivity contribution in [1.82, 2.24) is 10.2 Å². The number of nitrogens with zero attached hydrogens (tertiary/aromatic N) is 2. The summed E-state index contributed by atoms with van der Waals surface area (Å²) in [6.07, 6.45) is 0.848. The first-order valence-corrected chi connectivity index (χ1v) is 8.31. The molecule has 24 heavy (non-hydrogen) atoms. The summed E-state index contributed by atoms with van der Waals surface area (Å²) in [5.41, 5.74) is 0.393. The SMILES string of the molecule is CC(C)C[C@@H](c1cc(Br)cc([N+](=O)[O-])c1O)N1CCNCC1.Cl.Cl. The van der Waals surface area contributed by atoms with E-state index in [-0.39, 0.29) is 42.3 Å². The van der Waals surface area contributed by atoms with Gasteiger partial charge in [-0.25, -0.2) is 0 Å². The molecule has 0 unspecified atom stereocenters. The summed E-state index contributed by atoms with van der Waals surface area (Å²) < 4.78 is 0.621. The lowest BCUT2D eigenvalue weighted by Gasteiger charge is -2.36. The number of halogens is 3. The number of nitro groups is 1. The number of hydrogen-bond donors (Lipinski definition) is 2. The van der Waals surface area contributed by atoms with Crippen LogP contribution in [-0.2, 0) is 0 Å². The number of nitrogens with one attached hydrogen (secondary N) is 1. The summed E-state index contributed by atoms with van der Waals surface area (Å²) in [5.74, 6) is 0.217. The molecule has 0 bridgehead atoms. The molecule has 1 aromatic rings. The second kappa shape index (κ2) is 10.4. The van der Waals surface area contributed by atoms with Gasteiger partial charge in [0.25, 0.3) is 0 Å². The molecule has 1 aliphatic rings. The van der Waals surface area contributed by atoms with E-state index in [2.05, 4.69) is 40.0 Å². The van der Waals surface area contributed by atoms with Gasteiger partial charge in [0.05, 0.1) is 4.92 Å². The number of phenols is 1. The van der Waals surface area contributed by atoms with Crippen molar-refractivity contribution in [2.75, 3.05) is 26.2 Å². The average molecular weight is 445 g/mol. The topological polar surface area (TPSA) is 78.6 Å². The average Bonchev–Trinajstić information content (AvgIpc) is 2.47.